The van der Waals surface area contributed by atoms with Crippen LogP contribution < -0.4 is 4.31 Å². The number of benzene rings is 1. The van der Waals surface area contributed by atoms with E-state index in [-0.39, 0.29) is 19.0 Å². The molecule has 0 unspecified atom stereocenters. The summed E-state index contributed by atoms with van der Waals surface area (Å²) in [6.45, 7) is 3.44. The lowest BCUT2D eigenvalue weighted by Crippen LogP contribution is -2.50. The molecular weight excluding hydrogens is 458 g/mol. The van der Waals surface area contributed by atoms with Gasteiger partial charge in [-0.05, 0) is 55.7 Å². The zero-order valence-corrected chi connectivity index (χ0v) is 19.9. The molecule has 11 heteroatoms. The molecule has 31 heavy (non-hydrogen) atoms. The Balaban J connectivity index is 1.47. The molecule has 1 aromatic carbocycles. The van der Waals surface area contributed by atoms with Gasteiger partial charge in [0.15, 0.2) is 0 Å². The van der Waals surface area contributed by atoms with Gasteiger partial charge in [-0.25, -0.2) is 16.8 Å². The van der Waals surface area contributed by atoms with E-state index in [0.717, 1.165) is 10.4 Å². The summed E-state index contributed by atoms with van der Waals surface area (Å²) >= 11 is 1.25. The quantitative estimate of drug-likeness (QED) is 0.662. The minimum atomic E-state index is -3.54. The Hall–Kier alpha value is -1.95. The number of carbonyl (C=O) groups is 1. The molecule has 4 rings (SSSR count). The summed E-state index contributed by atoms with van der Waals surface area (Å²) in [5.41, 5.74) is 1.98. The first kappa shape index (κ1) is 22.3. The second-order valence-corrected chi connectivity index (χ2v) is 13.2. The van der Waals surface area contributed by atoms with E-state index >= 15 is 0 Å². The molecule has 0 radical (unpaired) electrons. The van der Waals surface area contributed by atoms with E-state index in [9.17, 15) is 21.6 Å². The maximum atomic E-state index is 13.0. The Bertz CT molecular complexity index is 1210. The molecule has 2 aliphatic rings. The second-order valence-electron chi connectivity index (χ2n) is 7.84. The van der Waals surface area contributed by atoms with Crippen LogP contribution in [0.2, 0.25) is 0 Å². The zero-order chi connectivity index (χ0) is 22.4. The van der Waals surface area contributed by atoms with Crippen molar-refractivity contribution in [3.63, 3.8) is 0 Å². The molecule has 0 N–H and O–H groups in total. The van der Waals surface area contributed by atoms with Gasteiger partial charge in [0.1, 0.15) is 4.21 Å². The Morgan fingerprint density at radius 3 is 2.29 bits per heavy atom. The maximum absolute atomic E-state index is 13.0. The molecule has 2 aromatic rings. The van der Waals surface area contributed by atoms with Gasteiger partial charge < -0.3 is 4.90 Å². The lowest BCUT2D eigenvalue weighted by Gasteiger charge is -2.34. The van der Waals surface area contributed by atoms with Crippen molar-refractivity contribution in [1.82, 2.24) is 9.21 Å². The standard InChI is InChI=1S/C20H25N3O5S3/c1-15-5-8-19(29-15)31(27,28)22-12-10-21(11-13-22)20(24)17-6-7-18-16(14-17)4-3-9-23(18)30(2,25)26/h5-8,14H,3-4,9-13H2,1-2H3. The number of sulfonamides is 2. The van der Waals surface area contributed by atoms with Crippen LogP contribution in [0.3, 0.4) is 0 Å². The molecule has 1 amide bonds. The summed E-state index contributed by atoms with van der Waals surface area (Å²) in [4.78, 5) is 15.6. The van der Waals surface area contributed by atoms with Gasteiger partial charge in [0, 0.05) is 43.2 Å². The summed E-state index contributed by atoms with van der Waals surface area (Å²) in [6, 6.07) is 8.54. The summed E-state index contributed by atoms with van der Waals surface area (Å²) < 4.78 is 52.8. The molecule has 0 spiro atoms. The van der Waals surface area contributed by atoms with Gasteiger partial charge in [-0.2, -0.15) is 4.31 Å². The van der Waals surface area contributed by atoms with Crippen molar-refractivity contribution in [2.75, 3.05) is 43.3 Å². The molecular formula is C20H25N3O5S3. The van der Waals surface area contributed by atoms with E-state index in [1.807, 2.05) is 6.92 Å². The second kappa shape index (κ2) is 8.19. The van der Waals surface area contributed by atoms with Crippen LogP contribution in [-0.2, 0) is 26.5 Å². The van der Waals surface area contributed by atoms with E-state index in [4.69, 9.17) is 0 Å². The number of anilines is 1. The van der Waals surface area contributed by atoms with Crippen molar-refractivity contribution in [1.29, 1.82) is 0 Å². The SMILES string of the molecule is Cc1ccc(S(=O)(=O)N2CCN(C(=O)c3ccc4c(c3)CCCN4S(C)(=O)=O)CC2)s1. The van der Waals surface area contributed by atoms with Crippen molar-refractivity contribution in [2.24, 2.45) is 0 Å². The number of thiophene rings is 1. The largest absolute Gasteiger partial charge is 0.336 e. The average Bonchev–Trinajstić information content (AvgIpc) is 3.19. The molecule has 1 aromatic heterocycles. The lowest BCUT2D eigenvalue weighted by molar-refractivity contribution is 0.0698. The van der Waals surface area contributed by atoms with E-state index < -0.39 is 20.0 Å². The first-order chi connectivity index (χ1) is 14.6. The minimum absolute atomic E-state index is 0.164. The third-order valence-electron chi connectivity index (χ3n) is 5.64. The Morgan fingerprint density at radius 2 is 1.68 bits per heavy atom. The summed E-state index contributed by atoms with van der Waals surface area (Å²) in [6.07, 6.45) is 2.61. The lowest BCUT2D eigenvalue weighted by atomic mass is 10.00. The number of piperazine rings is 1. The van der Waals surface area contributed by atoms with Crippen LogP contribution in [-0.4, -0.2) is 70.9 Å². The highest BCUT2D eigenvalue weighted by Gasteiger charge is 2.32. The number of aryl methyl sites for hydroxylation is 2. The molecule has 1 fully saturated rings. The predicted molar refractivity (Wildman–Crippen MR) is 121 cm³/mol. The monoisotopic (exact) mass is 483 g/mol. The number of carbonyl (C=O) groups excluding carboxylic acids is 1. The molecule has 2 aliphatic heterocycles. The fourth-order valence-corrected chi connectivity index (χ4v) is 7.89. The number of rotatable bonds is 4. The van der Waals surface area contributed by atoms with Gasteiger partial charge in [0.05, 0.1) is 11.9 Å². The van der Waals surface area contributed by atoms with E-state index in [1.54, 1.807) is 35.2 Å². The van der Waals surface area contributed by atoms with Crippen LogP contribution in [0.25, 0.3) is 0 Å². The van der Waals surface area contributed by atoms with Crippen molar-refractivity contribution in [3.05, 3.63) is 46.3 Å². The number of fused-ring (bicyclic) bond motifs is 1. The highest BCUT2D eigenvalue weighted by atomic mass is 32.2. The van der Waals surface area contributed by atoms with Gasteiger partial charge in [-0.1, -0.05) is 0 Å². The van der Waals surface area contributed by atoms with E-state index in [0.29, 0.717) is 47.9 Å². The average molecular weight is 484 g/mol. The highest BCUT2D eigenvalue weighted by molar-refractivity contribution is 7.92. The number of amides is 1. The van der Waals surface area contributed by atoms with Gasteiger partial charge in [0.25, 0.3) is 15.9 Å². The van der Waals surface area contributed by atoms with Gasteiger partial charge in [0.2, 0.25) is 10.0 Å². The summed E-state index contributed by atoms with van der Waals surface area (Å²) in [5, 5.41) is 0. The van der Waals surface area contributed by atoms with Crippen molar-refractivity contribution < 1.29 is 21.6 Å². The van der Waals surface area contributed by atoms with Gasteiger partial charge in [-0.15, -0.1) is 11.3 Å². The predicted octanol–water partition coefficient (Wildman–Crippen LogP) is 1.92. The van der Waals surface area contributed by atoms with Crippen LogP contribution in [0.4, 0.5) is 5.69 Å². The molecule has 8 nitrogen and oxygen atoms in total. The van der Waals surface area contributed by atoms with Crippen molar-refractivity contribution in [2.45, 2.75) is 24.0 Å². The fraction of sp³-hybridized carbons (Fsp3) is 0.450. The molecule has 0 bridgehead atoms. The third kappa shape index (κ3) is 4.36. The van der Waals surface area contributed by atoms with Crippen LogP contribution in [0.15, 0.2) is 34.5 Å². The first-order valence-corrected chi connectivity index (χ1v) is 14.1. The number of hydrogen-bond acceptors (Lipinski definition) is 6. The maximum Gasteiger partial charge on any atom is 0.253 e. The van der Waals surface area contributed by atoms with Crippen molar-refractivity contribution in [3.8, 4) is 0 Å². The number of hydrogen-bond donors (Lipinski definition) is 0. The van der Waals surface area contributed by atoms with E-state index in [1.165, 1.54) is 26.2 Å². The van der Waals surface area contributed by atoms with Crippen molar-refractivity contribution >= 4 is 43.0 Å². The molecule has 0 aliphatic carbocycles. The Kier molecular flexibility index (Phi) is 5.88. The minimum Gasteiger partial charge on any atom is -0.336 e. The molecule has 0 atom stereocenters. The molecule has 168 valence electrons. The zero-order valence-electron chi connectivity index (χ0n) is 17.4. The number of nitrogens with zero attached hydrogens (tertiary/aromatic N) is 3. The summed E-state index contributed by atoms with van der Waals surface area (Å²) in [7, 11) is -6.89. The van der Waals surface area contributed by atoms with Crippen LogP contribution in [0, 0.1) is 6.92 Å². The topological polar surface area (TPSA) is 95.1 Å². The van der Waals surface area contributed by atoms with Crippen LogP contribution >= 0.6 is 11.3 Å². The van der Waals surface area contributed by atoms with Crippen LogP contribution in [0.5, 0.6) is 0 Å². The normalized spacial score (nSPS) is 18.1. The molecule has 3 heterocycles. The Morgan fingerprint density at radius 1 is 0.968 bits per heavy atom. The highest BCUT2D eigenvalue weighted by Crippen LogP contribution is 2.30. The van der Waals surface area contributed by atoms with Gasteiger partial charge in [-0.3, -0.25) is 9.10 Å². The first-order valence-electron chi connectivity index (χ1n) is 10.0. The fourth-order valence-electron chi connectivity index (χ4n) is 4.03. The Labute approximate surface area is 187 Å². The van der Waals surface area contributed by atoms with Crippen LogP contribution in [0.1, 0.15) is 27.2 Å². The summed E-state index contributed by atoms with van der Waals surface area (Å²) in [5.74, 6) is -0.164. The molecule has 0 saturated carbocycles. The van der Waals surface area contributed by atoms with E-state index in [2.05, 4.69) is 0 Å². The smallest absolute Gasteiger partial charge is 0.253 e. The van der Waals surface area contributed by atoms with Gasteiger partial charge >= 0.3 is 0 Å². The third-order valence-corrected chi connectivity index (χ3v) is 10.2. The molecule has 1 saturated heterocycles.